The summed E-state index contributed by atoms with van der Waals surface area (Å²) in [5.41, 5.74) is 1.25. The summed E-state index contributed by atoms with van der Waals surface area (Å²) in [6.07, 6.45) is 4.26. The minimum Gasteiger partial charge on any atom is -0.381 e. The van der Waals surface area contributed by atoms with Crippen molar-refractivity contribution >= 4 is 57.6 Å². The molecule has 0 saturated carbocycles. The van der Waals surface area contributed by atoms with Gasteiger partial charge in [-0.05, 0) is 47.5 Å². The molecular formula is C18H32BrIN4OS. The molecule has 1 aliphatic rings. The van der Waals surface area contributed by atoms with E-state index in [2.05, 4.69) is 70.9 Å². The number of halogens is 2. The normalized spacial score (nSPS) is 16.9. The zero-order valence-electron chi connectivity index (χ0n) is 16.3. The standard InChI is InChI=1S/C18H31BrN4OS.HI/c1-5-20-17(23(4)13-16-11-15(19)12-22(16)3)21-14-18(25-6-2)7-9-24-10-8-18;/h11-12H,5-10,13-14H2,1-4H3,(H,20,21);1H. The quantitative estimate of drug-likeness (QED) is 0.311. The number of aryl methyl sites for hydroxylation is 1. The van der Waals surface area contributed by atoms with Crippen LogP contribution in [0.1, 0.15) is 32.4 Å². The molecule has 150 valence electrons. The van der Waals surface area contributed by atoms with Crippen LogP contribution < -0.4 is 5.32 Å². The molecule has 8 heteroatoms. The third-order valence-corrected chi connectivity index (χ3v) is 6.41. The van der Waals surface area contributed by atoms with E-state index >= 15 is 0 Å². The third-order valence-electron chi connectivity index (χ3n) is 4.54. The number of nitrogens with one attached hydrogen (secondary N) is 1. The van der Waals surface area contributed by atoms with Gasteiger partial charge in [0.15, 0.2) is 5.96 Å². The Hall–Kier alpha value is 0.0700. The van der Waals surface area contributed by atoms with Gasteiger partial charge in [-0.1, -0.05) is 6.92 Å². The molecule has 26 heavy (non-hydrogen) atoms. The van der Waals surface area contributed by atoms with E-state index in [1.54, 1.807) is 0 Å². The van der Waals surface area contributed by atoms with Crippen LogP contribution in [-0.4, -0.2) is 59.3 Å². The first-order valence-corrected chi connectivity index (χ1v) is 10.8. The summed E-state index contributed by atoms with van der Waals surface area (Å²) in [5.74, 6) is 2.10. The monoisotopic (exact) mass is 558 g/mol. The van der Waals surface area contributed by atoms with E-state index in [0.717, 1.165) is 61.9 Å². The predicted molar refractivity (Wildman–Crippen MR) is 127 cm³/mol. The van der Waals surface area contributed by atoms with Crippen molar-refractivity contribution in [3.63, 3.8) is 0 Å². The van der Waals surface area contributed by atoms with Crippen LogP contribution >= 0.6 is 51.7 Å². The van der Waals surface area contributed by atoms with E-state index in [1.807, 2.05) is 11.8 Å². The molecule has 0 aliphatic carbocycles. The number of guanidine groups is 1. The highest BCUT2D eigenvalue weighted by molar-refractivity contribution is 14.0. The Kier molecular flexibility index (Phi) is 11.0. The van der Waals surface area contributed by atoms with E-state index in [9.17, 15) is 0 Å². The first kappa shape index (κ1) is 24.1. The van der Waals surface area contributed by atoms with Crippen LogP contribution in [-0.2, 0) is 18.3 Å². The summed E-state index contributed by atoms with van der Waals surface area (Å²) < 4.78 is 9.06. The van der Waals surface area contributed by atoms with E-state index < -0.39 is 0 Å². The lowest BCUT2D eigenvalue weighted by molar-refractivity contribution is 0.0793. The van der Waals surface area contributed by atoms with Gasteiger partial charge in [-0.15, -0.1) is 24.0 Å². The summed E-state index contributed by atoms with van der Waals surface area (Å²) in [7, 11) is 4.18. The summed E-state index contributed by atoms with van der Waals surface area (Å²) in [5, 5.41) is 3.44. The van der Waals surface area contributed by atoms with Gasteiger partial charge in [0.1, 0.15) is 0 Å². The molecule has 1 fully saturated rings. The maximum absolute atomic E-state index is 5.57. The highest BCUT2D eigenvalue weighted by Crippen LogP contribution is 2.35. The second-order valence-electron chi connectivity index (χ2n) is 6.52. The van der Waals surface area contributed by atoms with Crippen LogP contribution in [0.3, 0.4) is 0 Å². The first-order chi connectivity index (χ1) is 12.0. The molecule has 2 heterocycles. The van der Waals surface area contributed by atoms with Crippen LogP contribution in [0.5, 0.6) is 0 Å². The van der Waals surface area contributed by atoms with Crippen molar-refractivity contribution < 1.29 is 4.74 Å². The molecule has 1 aliphatic heterocycles. The molecule has 1 saturated heterocycles. The van der Waals surface area contributed by atoms with E-state index in [1.165, 1.54) is 5.69 Å². The topological polar surface area (TPSA) is 41.8 Å². The molecule has 1 aromatic heterocycles. The fourth-order valence-corrected chi connectivity index (χ4v) is 4.92. The number of hydrogen-bond acceptors (Lipinski definition) is 3. The van der Waals surface area contributed by atoms with Gasteiger partial charge in [0.2, 0.25) is 0 Å². The minimum absolute atomic E-state index is 0. The molecule has 5 nitrogen and oxygen atoms in total. The maximum Gasteiger partial charge on any atom is 0.194 e. The molecule has 0 unspecified atom stereocenters. The van der Waals surface area contributed by atoms with Crippen LogP contribution in [0.2, 0.25) is 0 Å². The Bertz CT molecular complexity index is 570. The lowest BCUT2D eigenvalue weighted by Crippen LogP contribution is -2.42. The Morgan fingerprint density at radius 3 is 2.65 bits per heavy atom. The SMILES string of the molecule is CCNC(=NCC1(SCC)CCOCC1)N(C)Cc1cc(Br)cn1C.I. The zero-order valence-corrected chi connectivity index (χ0v) is 21.0. The minimum atomic E-state index is 0. The number of thioether (sulfide) groups is 1. The molecule has 0 aromatic carbocycles. The van der Waals surface area contributed by atoms with Gasteiger partial charge in [-0.3, -0.25) is 4.99 Å². The van der Waals surface area contributed by atoms with Crippen molar-refractivity contribution in [1.29, 1.82) is 0 Å². The van der Waals surface area contributed by atoms with E-state index in [4.69, 9.17) is 9.73 Å². The Morgan fingerprint density at radius 2 is 2.12 bits per heavy atom. The average Bonchev–Trinajstić information content (AvgIpc) is 2.90. The van der Waals surface area contributed by atoms with Crippen molar-refractivity contribution in [3.8, 4) is 0 Å². The Balaban J connectivity index is 0.00000338. The summed E-state index contributed by atoms with van der Waals surface area (Å²) >= 11 is 5.59. The van der Waals surface area contributed by atoms with Crippen molar-refractivity contribution in [3.05, 3.63) is 22.4 Å². The number of aromatic nitrogens is 1. The third kappa shape index (κ3) is 6.91. The summed E-state index contributed by atoms with van der Waals surface area (Å²) in [6, 6.07) is 2.16. The van der Waals surface area contributed by atoms with Gasteiger partial charge in [0.05, 0.1) is 13.1 Å². The molecule has 2 rings (SSSR count). The fourth-order valence-electron chi connectivity index (χ4n) is 3.13. The largest absolute Gasteiger partial charge is 0.381 e. The maximum atomic E-state index is 5.57. The molecule has 1 N–H and O–H groups in total. The smallest absolute Gasteiger partial charge is 0.194 e. The molecular weight excluding hydrogens is 527 g/mol. The molecule has 0 bridgehead atoms. The molecule has 1 aromatic rings. The second-order valence-corrected chi connectivity index (χ2v) is 9.16. The van der Waals surface area contributed by atoms with Crippen LogP contribution in [0, 0.1) is 0 Å². The number of rotatable bonds is 7. The van der Waals surface area contributed by atoms with Crippen LogP contribution in [0.15, 0.2) is 21.7 Å². The number of aliphatic imine (C=N–C) groups is 1. The number of hydrogen-bond donors (Lipinski definition) is 1. The second kappa shape index (κ2) is 11.8. The van der Waals surface area contributed by atoms with Gasteiger partial charge >= 0.3 is 0 Å². The summed E-state index contributed by atoms with van der Waals surface area (Å²) in [6.45, 7) is 8.60. The lowest BCUT2D eigenvalue weighted by Gasteiger charge is -2.35. The molecule has 0 atom stereocenters. The van der Waals surface area contributed by atoms with Crippen LogP contribution in [0.4, 0.5) is 0 Å². The highest BCUT2D eigenvalue weighted by atomic mass is 127. The number of nitrogens with zero attached hydrogens (tertiary/aromatic N) is 3. The van der Waals surface area contributed by atoms with Gasteiger partial charge in [0, 0.05) is 55.0 Å². The van der Waals surface area contributed by atoms with Crippen molar-refractivity contribution in [2.45, 2.75) is 38.0 Å². The van der Waals surface area contributed by atoms with Crippen molar-refractivity contribution in [1.82, 2.24) is 14.8 Å². The fraction of sp³-hybridized carbons (Fsp3) is 0.722. The van der Waals surface area contributed by atoms with Crippen molar-refractivity contribution in [2.75, 3.05) is 39.1 Å². The summed E-state index contributed by atoms with van der Waals surface area (Å²) in [4.78, 5) is 7.20. The lowest BCUT2D eigenvalue weighted by atomic mass is 9.99. The van der Waals surface area contributed by atoms with Crippen molar-refractivity contribution in [2.24, 2.45) is 12.0 Å². The van der Waals surface area contributed by atoms with Gasteiger partial charge in [0.25, 0.3) is 0 Å². The predicted octanol–water partition coefficient (Wildman–Crippen LogP) is 4.11. The van der Waals surface area contributed by atoms with Gasteiger partial charge < -0.3 is 19.5 Å². The average molecular weight is 559 g/mol. The zero-order chi connectivity index (χ0) is 18.3. The van der Waals surface area contributed by atoms with Crippen LogP contribution in [0.25, 0.3) is 0 Å². The highest BCUT2D eigenvalue weighted by Gasteiger charge is 2.32. The van der Waals surface area contributed by atoms with Gasteiger partial charge in [-0.2, -0.15) is 11.8 Å². The number of ether oxygens (including phenoxy) is 1. The first-order valence-electron chi connectivity index (χ1n) is 9.01. The van der Waals surface area contributed by atoms with Gasteiger partial charge in [-0.25, -0.2) is 0 Å². The molecule has 0 spiro atoms. The molecule has 0 amide bonds. The Labute approximate surface area is 187 Å². The molecule has 0 radical (unpaired) electrons. The van der Waals surface area contributed by atoms with E-state index in [0.29, 0.717) is 0 Å². The van der Waals surface area contributed by atoms with E-state index in [-0.39, 0.29) is 28.7 Å². The Morgan fingerprint density at radius 1 is 1.42 bits per heavy atom.